The van der Waals surface area contributed by atoms with Crippen LogP contribution in [0.3, 0.4) is 0 Å². The molecule has 136 valence electrons. The first-order chi connectivity index (χ1) is 12.7. The van der Waals surface area contributed by atoms with Crippen molar-refractivity contribution in [3.63, 3.8) is 0 Å². The fraction of sp³-hybridized carbons (Fsp3) is 0.471. The van der Waals surface area contributed by atoms with E-state index >= 15 is 0 Å². The number of amides is 2. The topological polar surface area (TPSA) is 116 Å². The number of carbonyl (C=O) groups excluding carboxylic acids is 2. The Labute approximate surface area is 150 Å². The first kappa shape index (κ1) is 16.6. The van der Waals surface area contributed by atoms with Gasteiger partial charge in [0.05, 0.1) is 19.0 Å². The van der Waals surface area contributed by atoms with Crippen LogP contribution in [0.1, 0.15) is 23.4 Å². The lowest BCUT2D eigenvalue weighted by Crippen LogP contribution is -2.59. The Morgan fingerprint density at radius 1 is 1.27 bits per heavy atom. The summed E-state index contributed by atoms with van der Waals surface area (Å²) in [5, 5.41) is 19.0. The average molecular weight is 355 g/mol. The SMILES string of the molecule is O=C(CC1C(=O)NCCN1C1Cc2ccccc2C1)NCc1nn[nH]n1. The molecule has 2 amide bonds. The Kier molecular flexibility index (Phi) is 4.61. The Morgan fingerprint density at radius 3 is 2.73 bits per heavy atom. The molecule has 1 aliphatic heterocycles. The van der Waals surface area contributed by atoms with Crippen molar-refractivity contribution in [2.75, 3.05) is 13.1 Å². The summed E-state index contributed by atoms with van der Waals surface area (Å²) < 4.78 is 0. The third-order valence-corrected chi connectivity index (χ3v) is 5.08. The number of benzene rings is 1. The van der Waals surface area contributed by atoms with Crippen LogP contribution in [0.25, 0.3) is 0 Å². The first-order valence-electron chi connectivity index (χ1n) is 8.80. The minimum absolute atomic E-state index is 0.0816. The lowest BCUT2D eigenvalue weighted by molar-refractivity contribution is -0.135. The molecular formula is C17H21N7O2. The number of rotatable bonds is 5. The van der Waals surface area contributed by atoms with Crippen LogP contribution in [0.5, 0.6) is 0 Å². The minimum Gasteiger partial charge on any atom is -0.353 e. The molecule has 9 heteroatoms. The van der Waals surface area contributed by atoms with E-state index in [-0.39, 0.29) is 30.8 Å². The lowest BCUT2D eigenvalue weighted by Gasteiger charge is -2.38. The van der Waals surface area contributed by atoms with Crippen molar-refractivity contribution >= 4 is 11.8 Å². The second-order valence-electron chi connectivity index (χ2n) is 6.68. The second kappa shape index (κ2) is 7.20. The zero-order chi connectivity index (χ0) is 17.9. The van der Waals surface area contributed by atoms with E-state index in [0.717, 1.165) is 19.4 Å². The van der Waals surface area contributed by atoms with Crippen LogP contribution >= 0.6 is 0 Å². The number of carbonyl (C=O) groups is 2. The van der Waals surface area contributed by atoms with Gasteiger partial charge < -0.3 is 10.6 Å². The Bertz CT molecular complexity index is 767. The molecule has 0 saturated carbocycles. The highest BCUT2D eigenvalue weighted by molar-refractivity contribution is 5.88. The number of nitrogens with zero attached hydrogens (tertiary/aromatic N) is 4. The Hall–Kier alpha value is -2.81. The highest BCUT2D eigenvalue weighted by Gasteiger charge is 2.38. The highest BCUT2D eigenvalue weighted by atomic mass is 16.2. The van der Waals surface area contributed by atoms with Crippen molar-refractivity contribution in [3.05, 3.63) is 41.2 Å². The molecular weight excluding hydrogens is 334 g/mol. The summed E-state index contributed by atoms with van der Waals surface area (Å²) in [7, 11) is 0. The van der Waals surface area contributed by atoms with Crippen LogP contribution in [0, 0.1) is 0 Å². The van der Waals surface area contributed by atoms with Crippen molar-refractivity contribution in [1.82, 2.24) is 36.2 Å². The summed E-state index contributed by atoms with van der Waals surface area (Å²) in [5.74, 6) is 0.133. The number of tetrazole rings is 1. The summed E-state index contributed by atoms with van der Waals surface area (Å²) in [5.41, 5.74) is 2.67. The third-order valence-electron chi connectivity index (χ3n) is 5.08. The molecule has 2 aromatic rings. The quantitative estimate of drug-likeness (QED) is 0.645. The van der Waals surface area contributed by atoms with Gasteiger partial charge in [0, 0.05) is 19.1 Å². The highest BCUT2D eigenvalue weighted by Crippen LogP contribution is 2.28. The maximum absolute atomic E-state index is 12.4. The van der Waals surface area contributed by atoms with Gasteiger partial charge in [0.15, 0.2) is 5.82 Å². The van der Waals surface area contributed by atoms with Crippen molar-refractivity contribution in [2.45, 2.75) is 37.9 Å². The van der Waals surface area contributed by atoms with Crippen LogP contribution in [-0.4, -0.2) is 62.5 Å². The summed E-state index contributed by atoms with van der Waals surface area (Å²) >= 11 is 0. The van der Waals surface area contributed by atoms with Crippen LogP contribution in [0.15, 0.2) is 24.3 Å². The van der Waals surface area contributed by atoms with Gasteiger partial charge in [-0.05, 0) is 24.0 Å². The minimum atomic E-state index is -0.451. The molecule has 1 atom stereocenters. The van der Waals surface area contributed by atoms with Gasteiger partial charge >= 0.3 is 0 Å². The van der Waals surface area contributed by atoms with Gasteiger partial charge in [-0.25, -0.2) is 0 Å². The largest absolute Gasteiger partial charge is 0.353 e. The second-order valence-corrected chi connectivity index (χ2v) is 6.68. The summed E-state index contributed by atoms with van der Waals surface area (Å²) in [6.45, 7) is 1.57. The predicted molar refractivity (Wildman–Crippen MR) is 91.8 cm³/mol. The molecule has 3 N–H and O–H groups in total. The molecule has 2 heterocycles. The molecule has 1 aromatic carbocycles. The Balaban J connectivity index is 1.41. The molecule has 26 heavy (non-hydrogen) atoms. The van der Waals surface area contributed by atoms with E-state index in [9.17, 15) is 9.59 Å². The normalized spacial score (nSPS) is 20.6. The van der Waals surface area contributed by atoms with Gasteiger partial charge in [-0.1, -0.05) is 29.5 Å². The van der Waals surface area contributed by atoms with Crippen LogP contribution < -0.4 is 10.6 Å². The maximum Gasteiger partial charge on any atom is 0.237 e. The summed E-state index contributed by atoms with van der Waals surface area (Å²) in [6.07, 6.45) is 1.96. The number of aromatic amines is 1. The number of piperazine rings is 1. The molecule has 1 aromatic heterocycles. The standard InChI is InChI=1S/C17H21N7O2/c25-16(19-10-15-20-22-23-21-15)9-14-17(26)18-5-6-24(14)13-7-11-3-1-2-4-12(11)8-13/h1-4,13-14H,5-10H2,(H,18,26)(H,19,25)(H,20,21,22,23). The molecule has 1 saturated heterocycles. The van der Waals surface area contributed by atoms with Crippen molar-refractivity contribution < 1.29 is 9.59 Å². The number of aromatic nitrogens is 4. The zero-order valence-corrected chi connectivity index (χ0v) is 14.3. The summed E-state index contributed by atoms with van der Waals surface area (Å²) in [4.78, 5) is 26.9. The van der Waals surface area contributed by atoms with Gasteiger partial charge in [-0.2, -0.15) is 5.21 Å². The fourth-order valence-electron chi connectivity index (χ4n) is 3.83. The molecule has 0 spiro atoms. The average Bonchev–Trinajstić information content (AvgIpc) is 3.31. The molecule has 1 aliphatic carbocycles. The number of hydrogen-bond acceptors (Lipinski definition) is 6. The van der Waals surface area contributed by atoms with Gasteiger partial charge in [0.1, 0.15) is 0 Å². The van der Waals surface area contributed by atoms with Crippen LogP contribution in [0.4, 0.5) is 0 Å². The number of fused-ring (bicyclic) bond motifs is 1. The molecule has 0 radical (unpaired) electrons. The van der Waals surface area contributed by atoms with Crippen molar-refractivity contribution in [2.24, 2.45) is 0 Å². The van der Waals surface area contributed by atoms with Crippen LogP contribution in [-0.2, 0) is 29.0 Å². The van der Waals surface area contributed by atoms with Gasteiger partial charge in [-0.3, -0.25) is 14.5 Å². The van der Waals surface area contributed by atoms with Crippen molar-refractivity contribution in [1.29, 1.82) is 0 Å². The van der Waals surface area contributed by atoms with Crippen molar-refractivity contribution in [3.8, 4) is 0 Å². The van der Waals surface area contributed by atoms with E-state index in [4.69, 9.17) is 0 Å². The predicted octanol–water partition coefficient (Wildman–Crippen LogP) is -0.826. The van der Waals surface area contributed by atoms with E-state index in [1.54, 1.807) is 0 Å². The number of nitrogens with one attached hydrogen (secondary N) is 3. The third kappa shape index (κ3) is 3.43. The Morgan fingerprint density at radius 2 is 2.04 bits per heavy atom. The number of H-pyrrole nitrogens is 1. The maximum atomic E-state index is 12.4. The molecule has 1 fully saturated rings. The van der Waals surface area contributed by atoms with Crippen LogP contribution in [0.2, 0.25) is 0 Å². The summed E-state index contributed by atoms with van der Waals surface area (Å²) in [6, 6.07) is 8.19. The molecule has 9 nitrogen and oxygen atoms in total. The lowest BCUT2D eigenvalue weighted by atomic mass is 10.0. The smallest absolute Gasteiger partial charge is 0.237 e. The molecule has 4 rings (SSSR count). The first-order valence-corrected chi connectivity index (χ1v) is 8.80. The van der Waals surface area contributed by atoms with E-state index in [2.05, 4.69) is 48.3 Å². The van der Waals surface area contributed by atoms with E-state index in [1.807, 2.05) is 12.1 Å². The van der Waals surface area contributed by atoms with E-state index < -0.39 is 6.04 Å². The van der Waals surface area contributed by atoms with Gasteiger partial charge in [0.25, 0.3) is 0 Å². The van der Waals surface area contributed by atoms with Gasteiger partial charge in [-0.15, -0.1) is 10.2 Å². The number of hydrogen-bond donors (Lipinski definition) is 3. The van der Waals surface area contributed by atoms with E-state index in [1.165, 1.54) is 11.1 Å². The fourth-order valence-corrected chi connectivity index (χ4v) is 3.83. The monoisotopic (exact) mass is 355 g/mol. The zero-order valence-electron chi connectivity index (χ0n) is 14.3. The molecule has 0 bridgehead atoms. The van der Waals surface area contributed by atoms with E-state index in [0.29, 0.717) is 12.4 Å². The molecule has 2 aliphatic rings. The molecule has 1 unspecified atom stereocenters. The van der Waals surface area contributed by atoms with Gasteiger partial charge in [0.2, 0.25) is 11.8 Å².